The lowest BCUT2D eigenvalue weighted by Gasteiger charge is -2.18. The van der Waals surface area contributed by atoms with E-state index in [-0.39, 0.29) is 31.1 Å². The first-order chi connectivity index (χ1) is 39.5. The molecule has 0 radical (unpaired) electrons. The molecule has 1 atom stereocenters. The maximum absolute atomic E-state index is 12.9. The highest BCUT2D eigenvalue weighted by atomic mass is 16.6. The number of hydrogen-bond donors (Lipinski definition) is 0. The summed E-state index contributed by atoms with van der Waals surface area (Å²) >= 11 is 0. The molecule has 6 nitrogen and oxygen atoms in total. The maximum Gasteiger partial charge on any atom is 0.306 e. The van der Waals surface area contributed by atoms with Gasteiger partial charge < -0.3 is 14.2 Å². The van der Waals surface area contributed by atoms with E-state index in [0.717, 1.165) is 89.9 Å². The largest absolute Gasteiger partial charge is 0.462 e. The van der Waals surface area contributed by atoms with Crippen LogP contribution in [0.1, 0.15) is 361 Å². The summed E-state index contributed by atoms with van der Waals surface area (Å²) in [5.74, 6) is -0.853. The Balaban J connectivity index is 4.17. The minimum absolute atomic E-state index is 0.0708. The van der Waals surface area contributed by atoms with Crippen LogP contribution >= 0.6 is 0 Å². The monoisotopic (exact) mass is 1120 g/mol. The Hall–Kier alpha value is -3.15. The standard InChI is InChI=1S/C74H132O6/c1-4-7-10-13-16-19-22-24-26-28-30-32-34-36-37-39-40-42-44-46-48-50-52-55-58-61-64-67-73(76)79-70-71(69-78-72(75)66-63-60-57-54-21-18-15-12-9-6-3)80-74(77)68-65-62-59-56-53-51-49-47-45-43-41-38-35-33-31-29-27-25-23-20-17-14-11-8-5-2/h7,10,16,19,23-26,29-32,71H,4-6,8-9,11-15,17-18,20-22,27-28,33-70H2,1-3H3/b10-7-,19-16-,25-23-,26-24-,31-29-,32-30-. The van der Waals surface area contributed by atoms with E-state index in [4.69, 9.17) is 14.2 Å². The molecule has 0 rings (SSSR count). The Morgan fingerprint density at radius 1 is 0.263 bits per heavy atom. The molecule has 0 amide bonds. The highest BCUT2D eigenvalue weighted by molar-refractivity contribution is 5.71. The van der Waals surface area contributed by atoms with Crippen LogP contribution in [0, 0.1) is 0 Å². The first-order valence-corrected chi connectivity index (χ1v) is 34.9. The normalized spacial score (nSPS) is 12.5. The summed E-state index contributed by atoms with van der Waals surface area (Å²) in [6, 6.07) is 0. The summed E-state index contributed by atoms with van der Waals surface area (Å²) in [6.07, 6.45) is 89.3. The number of carbonyl (C=O) groups is 3. The molecule has 0 bridgehead atoms. The van der Waals surface area contributed by atoms with E-state index >= 15 is 0 Å². The first kappa shape index (κ1) is 76.9. The van der Waals surface area contributed by atoms with Gasteiger partial charge in [0.25, 0.3) is 0 Å². The van der Waals surface area contributed by atoms with E-state index < -0.39 is 6.10 Å². The number of carbonyl (C=O) groups excluding carboxylic acids is 3. The molecule has 0 aliphatic heterocycles. The molecule has 0 aromatic rings. The SMILES string of the molecule is CC/C=C\C/C=C\C/C=C\C/C=C\CCCCCCCCCCCCCCCCC(=O)OCC(COC(=O)CCCCCCCCCCCC)OC(=O)CCCCCCCCCCCCCCC/C=C\C/C=C\CCCCCCC. The van der Waals surface area contributed by atoms with E-state index in [1.54, 1.807) is 0 Å². The third-order valence-corrected chi connectivity index (χ3v) is 15.4. The van der Waals surface area contributed by atoms with Gasteiger partial charge in [-0.3, -0.25) is 14.4 Å². The van der Waals surface area contributed by atoms with Crippen molar-refractivity contribution < 1.29 is 28.6 Å². The predicted octanol–water partition coefficient (Wildman–Crippen LogP) is 24.1. The van der Waals surface area contributed by atoms with Gasteiger partial charge in [0.05, 0.1) is 0 Å². The molecule has 6 heteroatoms. The summed E-state index contributed by atoms with van der Waals surface area (Å²) in [4.78, 5) is 38.3. The van der Waals surface area contributed by atoms with Crippen molar-refractivity contribution >= 4 is 17.9 Å². The fourth-order valence-corrected chi connectivity index (χ4v) is 10.2. The van der Waals surface area contributed by atoms with Crippen LogP contribution in [-0.2, 0) is 28.6 Å². The van der Waals surface area contributed by atoms with Crippen LogP contribution in [0.3, 0.4) is 0 Å². The van der Waals surface area contributed by atoms with Crippen molar-refractivity contribution in [1.82, 2.24) is 0 Å². The first-order valence-electron chi connectivity index (χ1n) is 34.9. The van der Waals surface area contributed by atoms with E-state index in [1.165, 1.54) is 231 Å². The van der Waals surface area contributed by atoms with Gasteiger partial charge in [-0.15, -0.1) is 0 Å². The summed E-state index contributed by atoms with van der Waals surface area (Å²) in [6.45, 7) is 6.55. The van der Waals surface area contributed by atoms with Gasteiger partial charge in [-0.25, -0.2) is 0 Å². The summed E-state index contributed by atoms with van der Waals surface area (Å²) in [7, 11) is 0. The molecule has 0 saturated carbocycles. The molecule has 0 aromatic heterocycles. The van der Waals surface area contributed by atoms with Gasteiger partial charge >= 0.3 is 17.9 Å². The second-order valence-corrected chi connectivity index (χ2v) is 23.4. The lowest BCUT2D eigenvalue weighted by atomic mass is 10.0. The molecule has 0 fully saturated rings. The fraction of sp³-hybridized carbons (Fsp3) is 0.797. The number of allylic oxidation sites excluding steroid dienone is 12. The van der Waals surface area contributed by atoms with Crippen LogP contribution in [0.2, 0.25) is 0 Å². The molecule has 0 aliphatic rings. The molecule has 0 aromatic carbocycles. The Morgan fingerprint density at radius 3 is 0.762 bits per heavy atom. The Bertz CT molecular complexity index is 1470. The number of ether oxygens (including phenoxy) is 3. The predicted molar refractivity (Wildman–Crippen MR) is 348 cm³/mol. The van der Waals surface area contributed by atoms with Crippen LogP contribution in [0.15, 0.2) is 72.9 Å². The van der Waals surface area contributed by atoms with Crippen molar-refractivity contribution in [2.75, 3.05) is 13.2 Å². The summed E-state index contributed by atoms with van der Waals surface area (Å²) in [5.41, 5.74) is 0. The average molecular weight is 1120 g/mol. The molecule has 0 aliphatic carbocycles. The van der Waals surface area contributed by atoms with Crippen molar-refractivity contribution in [3.05, 3.63) is 72.9 Å². The van der Waals surface area contributed by atoms with Gasteiger partial charge in [0.1, 0.15) is 13.2 Å². The zero-order valence-corrected chi connectivity index (χ0v) is 53.3. The van der Waals surface area contributed by atoms with Crippen LogP contribution in [0.5, 0.6) is 0 Å². The molecule has 80 heavy (non-hydrogen) atoms. The molecular formula is C74H132O6. The summed E-state index contributed by atoms with van der Waals surface area (Å²) in [5, 5.41) is 0. The number of hydrogen-bond acceptors (Lipinski definition) is 6. The maximum atomic E-state index is 12.9. The molecule has 1 unspecified atom stereocenters. The van der Waals surface area contributed by atoms with Crippen molar-refractivity contribution in [2.24, 2.45) is 0 Å². The lowest BCUT2D eigenvalue weighted by molar-refractivity contribution is -0.167. The van der Waals surface area contributed by atoms with Gasteiger partial charge in [-0.05, 0) is 89.9 Å². The topological polar surface area (TPSA) is 78.9 Å². The molecule has 0 N–H and O–H groups in total. The zero-order valence-electron chi connectivity index (χ0n) is 53.3. The second-order valence-electron chi connectivity index (χ2n) is 23.4. The van der Waals surface area contributed by atoms with E-state index in [1.807, 2.05) is 0 Å². The van der Waals surface area contributed by atoms with Gasteiger partial charge in [0.15, 0.2) is 6.10 Å². The molecule has 0 spiro atoms. The Kier molecular flexibility index (Phi) is 65.7. The number of rotatable bonds is 64. The van der Waals surface area contributed by atoms with Crippen molar-refractivity contribution in [2.45, 2.75) is 367 Å². The highest BCUT2D eigenvalue weighted by Crippen LogP contribution is 2.18. The van der Waals surface area contributed by atoms with Crippen molar-refractivity contribution in [1.29, 1.82) is 0 Å². The number of unbranched alkanes of at least 4 members (excludes halogenated alkanes) is 41. The van der Waals surface area contributed by atoms with E-state index in [9.17, 15) is 14.4 Å². The molecule has 0 heterocycles. The van der Waals surface area contributed by atoms with E-state index in [0.29, 0.717) is 19.3 Å². The minimum Gasteiger partial charge on any atom is -0.462 e. The Morgan fingerprint density at radius 2 is 0.487 bits per heavy atom. The highest BCUT2D eigenvalue weighted by Gasteiger charge is 2.19. The quantitative estimate of drug-likeness (QED) is 0.0261. The lowest BCUT2D eigenvalue weighted by Crippen LogP contribution is -2.30. The van der Waals surface area contributed by atoms with Crippen molar-refractivity contribution in [3.8, 4) is 0 Å². The zero-order chi connectivity index (χ0) is 57.8. The summed E-state index contributed by atoms with van der Waals surface area (Å²) < 4.78 is 17.0. The Labute approximate surface area is 497 Å². The minimum atomic E-state index is -0.774. The van der Waals surface area contributed by atoms with Crippen molar-refractivity contribution in [3.63, 3.8) is 0 Å². The second kappa shape index (κ2) is 68.3. The molecule has 0 saturated heterocycles. The van der Waals surface area contributed by atoms with Crippen LogP contribution in [0.25, 0.3) is 0 Å². The van der Waals surface area contributed by atoms with Gasteiger partial charge in [-0.1, -0.05) is 325 Å². The van der Waals surface area contributed by atoms with Gasteiger partial charge in [-0.2, -0.15) is 0 Å². The van der Waals surface area contributed by atoms with Gasteiger partial charge in [0, 0.05) is 19.3 Å². The number of esters is 3. The fourth-order valence-electron chi connectivity index (χ4n) is 10.2. The van der Waals surface area contributed by atoms with Crippen LogP contribution in [-0.4, -0.2) is 37.2 Å². The van der Waals surface area contributed by atoms with Crippen LogP contribution in [0.4, 0.5) is 0 Å². The third-order valence-electron chi connectivity index (χ3n) is 15.4. The molecular weight excluding hydrogens is 985 g/mol. The molecule has 464 valence electrons. The van der Waals surface area contributed by atoms with Gasteiger partial charge in [0.2, 0.25) is 0 Å². The van der Waals surface area contributed by atoms with E-state index in [2.05, 4.69) is 93.7 Å². The van der Waals surface area contributed by atoms with Crippen LogP contribution < -0.4 is 0 Å². The third kappa shape index (κ3) is 65.7. The smallest absolute Gasteiger partial charge is 0.306 e. The average Bonchev–Trinajstić information content (AvgIpc) is 3.46.